The van der Waals surface area contributed by atoms with Gasteiger partial charge in [0.2, 0.25) is 0 Å². The van der Waals surface area contributed by atoms with Crippen molar-refractivity contribution in [2.24, 2.45) is 0 Å². The van der Waals surface area contributed by atoms with E-state index in [1.807, 2.05) is 0 Å². The van der Waals surface area contributed by atoms with Crippen LogP contribution in [0.5, 0.6) is 5.75 Å². The molecule has 0 bridgehead atoms. The topological polar surface area (TPSA) is 79.7 Å². The molecule has 0 radical (unpaired) electrons. The molecule has 6 heteroatoms. The van der Waals surface area contributed by atoms with Gasteiger partial charge in [0.25, 0.3) is 5.91 Å². The van der Waals surface area contributed by atoms with E-state index in [0.717, 1.165) is 11.8 Å². The van der Waals surface area contributed by atoms with Gasteiger partial charge in [-0.3, -0.25) is 4.79 Å². The Labute approximate surface area is 117 Å². The van der Waals surface area contributed by atoms with Crippen molar-refractivity contribution < 1.29 is 19.4 Å². The van der Waals surface area contributed by atoms with E-state index in [1.54, 1.807) is 40.1 Å². The van der Waals surface area contributed by atoms with Crippen molar-refractivity contribution in [2.45, 2.75) is 20.0 Å². The first-order valence-corrected chi connectivity index (χ1v) is 6.07. The lowest BCUT2D eigenvalue weighted by Crippen LogP contribution is -2.35. The number of aliphatic carboxylic acids is 1. The molecule has 1 atom stereocenters. The van der Waals surface area contributed by atoms with Crippen molar-refractivity contribution in [1.29, 1.82) is 0 Å². The lowest BCUT2D eigenvalue weighted by Gasteiger charge is -2.19. The van der Waals surface area contributed by atoms with E-state index in [9.17, 15) is 9.59 Å². The molecule has 1 aromatic rings. The molecular formula is C14H18N2O4. The van der Waals surface area contributed by atoms with Gasteiger partial charge in [-0.15, -0.1) is 0 Å². The van der Waals surface area contributed by atoms with Gasteiger partial charge >= 0.3 is 5.97 Å². The van der Waals surface area contributed by atoms with Gasteiger partial charge in [0.15, 0.2) is 6.10 Å². The smallest absolute Gasteiger partial charge is 0.328 e. The Morgan fingerprint density at radius 2 is 2.05 bits per heavy atom. The van der Waals surface area contributed by atoms with E-state index in [0.29, 0.717) is 11.4 Å². The quantitative estimate of drug-likeness (QED) is 0.822. The Kier molecular flexibility index (Phi) is 5.25. The normalized spacial score (nSPS) is 12.2. The molecule has 20 heavy (non-hydrogen) atoms. The Balaban J connectivity index is 3.00. The number of carbonyl (C=O) groups is 2. The second-order valence-corrected chi connectivity index (χ2v) is 4.50. The third-order valence-electron chi connectivity index (χ3n) is 2.50. The Morgan fingerprint density at radius 3 is 2.60 bits per heavy atom. The number of aryl methyl sites for hydroxylation is 1. The van der Waals surface area contributed by atoms with Crippen molar-refractivity contribution >= 4 is 18.0 Å². The molecule has 0 aromatic carbocycles. The van der Waals surface area contributed by atoms with Crippen LogP contribution in [0.3, 0.4) is 0 Å². The van der Waals surface area contributed by atoms with Gasteiger partial charge in [0.05, 0.1) is 0 Å². The van der Waals surface area contributed by atoms with Gasteiger partial charge < -0.3 is 14.7 Å². The first-order valence-electron chi connectivity index (χ1n) is 6.07. The summed E-state index contributed by atoms with van der Waals surface area (Å²) in [6.45, 7) is 3.42. The molecule has 0 aliphatic rings. The van der Waals surface area contributed by atoms with E-state index in [-0.39, 0.29) is 5.91 Å². The standard InChI is InChI=1S/C14H18N2O4/c1-9-5-7-12(11(15-9)6-8-13(17)18)20-10(2)14(19)16(3)4/h5-8,10H,1-4H3,(H,17,18). The summed E-state index contributed by atoms with van der Waals surface area (Å²) in [5.41, 5.74) is 1.11. The average molecular weight is 278 g/mol. The summed E-state index contributed by atoms with van der Waals surface area (Å²) in [4.78, 5) is 28.0. The first kappa shape index (κ1) is 15.7. The molecule has 1 aromatic heterocycles. The van der Waals surface area contributed by atoms with E-state index in [1.165, 1.54) is 11.0 Å². The number of carboxylic acid groups (broad SMARTS) is 1. The zero-order chi connectivity index (χ0) is 15.3. The summed E-state index contributed by atoms with van der Waals surface area (Å²) in [5.74, 6) is -0.883. The van der Waals surface area contributed by atoms with E-state index in [4.69, 9.17) is 9.84 Å². The predicted molar refractivity (Wildman–Crippen MR) is 74.4 cm³/mol. The maximum atomic E-state index is 11.8. The second-order valence-electron chi connectivity index (χ2n) is 4.50. The third kappa shape index (κ3) is 4.38. The molecule has 0 saturated carbocycles. The summed E-state index contributed by atoms with van der Waals surface area (Å²) in [7, 11) is 3.28. The molecular weight excluding hydrogens is 260 g/mol. The molecule has 1 heterocycles. The molecule has 1 amide bonds. The first-order chi connectivity index (χ1) is 9.31. The van der Waals surface area contributed by atoms with Gasteiger partial charge in [-0.05, 0) is 32.1 Å². The lowest BCUT2D eigenvalue weighted by atomic mass is 10.2. The van der Waals surface area contributed by atoms with E-state index in [2.05, 4.69) is 4.98 Å². The summed E-state index contributed by atoms with van der Waals surface area (Å²) >= 11 is 0. The van der Waals surface area contributed by atoms with E-state index >= 15 is 0 Å². The van der Waals surface area contributed by atoms with Gasteiger partial charge in [-0.1, -0.05) is 0 Å². The molecule has 1 unspecified atom stereocenters. The molecule has 1 N–H and O–H groups in total. The summed E-state index contributed by atoms with van der Waals surface area (Å²) in [5, 5.41) is 8.66. The number of hydrogen-bond donors (Lipinski definition) is 1. The van der Waals surface area contributed by atoms with Crippen LogP contribution >= 0.6 is 0 Å². The van der Waals surface area contributed by atoms with Crippen LogP contribution in [0.1, 0.15) is 18.3 Å². The number of amides is 1. The van der Waals surface area contributed by atoms with Crippen molar-refractivity contribution in [3.63, 3.8) is 0 Å². The SMILES string of the molecule is Cc1ccc(OC(C)C(=O)N(C)C)c(C=CC(=O)O)n1. The zero-order valence-corrected chi connectivity index (χ0v) is 12.0. The highest BCUT2D eigenvalue weighted by Crippen LogP contribution is 2.20. The van der Waals surface area contributed by atoms with Crippen LogP contribution in [0.4, 0.5) is 0 Å². The summed E-state index contributed by atoms with van der Waals surface area (Å²) in [6, 6.07) is 3.41. The maximum Gasteiger partial charge on any atom is 0.328 e. The highest BCUT2D eigenvalue weighted by atomic mass is 16.5. The number of ether oxygens (including phenoxy) is 1. The minimum atomic E-state index is -1.07. The fourth-order valence-electron chi connectivity index (χ4n) is 1.54. The van der Waals surface area contributed by atoms with Crippen LogP contribution in [-0.4, -0.2) is 47.1 Å². The van der Waals surface area contributed by atoms with Crippen LogP contribution < -0.4 is 4.74 Å². The van der Waals surface area contributed by atoms with Crippen LogP contribution in [0.25, 0.3) is 6.08 Å². The zero-order valence-electron chi connectivity index (χ0n) is 12.0. The highest BCUT2D eigenvalue weighted by molar-refractivity contribution is 5.85. The number of carbonyl (C=O) groups excluding carboxylic acids is 1. The van der Waals surface area contributed by atoms with Gasteiger partial charge in [0, 0.05) is 25.9 Å². The van der Waals surface area contributed by atoms with Gasteiger partial charge in [-0.2, -0.15) is 0 Å². The lowest BCUT2D eigenvalue weighted by molar-refractivity contribution is -0.135. The van der Waals surface area contributed by atoms with Gasteiger partial charge in [-0.25, -0.2) is 9.78 Å². The van der Waals surface area contributed by atoms with Gasteiger partial charge in [0.1, 0.15) is 11.4 Å². The van der Waals surface area contributed by atoms with Crippen LogP contribution in [-0.2, 0) is 9.59 Å². The second kappa shape index (κ2) is 6.70. The van der Waals surface area contributed by atoms with Crippen molar-refractivity contribution in [3.8, 4) is 5.75 Å². The third-order valence-corrected chi connectivity index (χ3v) is 2.50. The van der Waals surface area contributed by atoms with Crippen LogP contribution in [0.15, 0.2) is 18.2 Å². The minimum Gasteiger partial charge on any atom is -0.479 e. The molecule has 0 saturated heterocycles. The average Bonchev–Trinajstić information content (AvgIpc) is 2.37. The number of rotatable bonds is 5. The molecule has 0 spiro atoms. The molecule has 0 fully saturated rings. The Hall–Kier alpha value is -2.37. The molecule has 1 rings (SSSR count). The largest absolute Gasteiger partial charge is 0.479 e. The van der Waals surface area contributed by atoms with Crippen molar-refractivity contribution in [1.82, 2.24) is 9.88 Å². The maximum absolute atomic E-state index is 11.8. The summed E-state index contributed by atoms with van der Waals surface area (Å²) < 4.78 is 5.56. The monoisotopic (exact) mass is 278 g/mol. The van der Waals surface area contributed by atoms with Crippen LogP contribution in [0.2, 0.25) is 0 Å². The fourth-order valence-corrected chi connectivity index (χ4v) is 1.54. The molecule has 6 nitrogen and oxygen atoms in total. The fraction of sp³-hybridized carbons (Fsp3) is 0.357. The Morgan fingerprint density at radius 1 is 1.40 bits per heavy atom. The van der Waals surface area contributed by atoms with Crippen molar-refractivity contribution in [3.05, 3.63) is 29.6 Å². The van der Waals surface area contributed by atoms with Crippen LogP contribution in [0, 0.1) is 6.92 Å². The number of pyridine rings is 1. The molecule has 0 aliphatic carbocycles. The molecule has 0 aliphatic heterocycles. The Bertz CT molecular complexity index is 538. The number of aromatic nitrogens is 1. The number of carboxylic acids is 1. The number of hydrogen-bond acceptors (Lipinski definition) is 4. The summed E-state index contributed by atoms with van der Waals surface area (Å²) in [6.07, 6.45) is 1.65. The number of likely N-dealkylation sites (N-methyl/N-ethyl adjacent to an activating group) is 1. The minimum absolute atomic E-state index is 0.182. The predicted octanol–water partition coefficient (Wildman–Crippen LogP) is 1.34. The van der Waals surface area contributed by atoms with Crippen molar-refractivity contribution in [2.75, 3.05) is 14.1 Å². The van der Waals surface area contributed by atoms with E-state index < -0.39 is 12.1 Å². The highest BCUT2D eigenvalue weighted by Gasteiger charge is 2.18. The molecule has 108 valence electrons. The number of nitrogens with zero attached hydrogens (tertiary/aromatic N) is 2.